The molecule has 0 bridgehead atoms. The van der Waals surface area contributed by atoms with Crippen LogP contribution in [0.5, 0.6) is 0 Å². The molecule has 0 radical (unpaired) electrons. The summed E-state index contributed by atoms with van der Waals surface area (Å²) in [5, 5.41) is 0.973. The van der Waals surface area contributed by atoms with Gasteiger partial charge in [-0.2, -0.15) is 4.31 Å². The maximum absolute atomic E-state index is 13.2. The maximum atomic E-state index is 13.2. The molecule has 1 aliphatic rings. The first kappa shape index (κ1) is 25.6. The van der Waals surface area contributed by atoms with Gasteiger partial charge in [-0.05, 0) is 59.2 Å². The Morgan fingerprint density at radius 3 is 2.23 bits per heavy atom. The SMILES string of the molecule is Cc1cc2oc(=O)cc(C[NH+]3CCN(S(=O)(=O)c4ccc(C(C)(C)C)cc4)CC3)c2cc1C(C)C. The predicted molar refractivity (Wildman–Crippen MR) is 140 cm³/mol. The van der Waals surface area contributed by atoms with E-state index in [9.17, 15) is 13.2 Å². The van der Waals surface area contributed by atoms with Gasteiger partial charge in [-0.1, -0.05) is 46.8 Å². The molecule has 2 heterocycles. The van der Waals surface area contributed by atoms with E-state index in [2.05, 4.69) is 40.7 Å². The summed E-state index contributed by atoms with van der Waals surface area (Å²) >= 11 is 0. The molecule has 0 unspecified atom stereocenters. The smallest absolute Gasteiger partial charge is 0.336 e. The van der Waals surface area contributed by atoms with Gasteiger partial charge in [0.25, 0.3) is 0 Å². The molecular formula is C28H37N2O4S+. The lowest BCUT2D eigenvalue weighted by atomic mass is 9.87. The second-order valence-corrected chi connectivity index (χ2v) is 13.0. The van der Waals surface area contributed by atoms with Gasteiger partial charge in [0.2, 0.25) is 10.0 Å². The average Bonchev–Trinajstić information content (AvgIpc) is 2.78. The van der Waals surface area contributed by atoms with Gasteiger partial charge >= 0.3 is 5.63 Å². The summed E-state index contributed by atoms with van der Waals surface area (Å²) in [5.74, 6) is 0.373. The number of hydrogen-bond acceptors (Lipinski definition) is 4. The van der Waals surface area contributed by atoms with Gasteiger partial charge in [0.05, 0.1) is 31.1 Å². The minimum absolute atomic E-state index is 0.0231. The number of hydrogen-bond donors (Lipinski definition) is 1. The van der Waals surface area contributed by atoms with Crippen molar-refractivity contribution in [3.05, 3.63) is 75.1 Å². The van der Waals surface area contributed by atoms with E-state index in [0.29, 0.717) is 49.1 Å². The molecule has 1 N–H and O–H groups in total. The van der Waals surface area contributed by atoms with Crippen LogP contribution in [-0.2, 0) is 22.0 Å². The molecule has 1 fully saturated rings. The third-order valence-corrected chi connectivity index (χ3v) is 8.98. The molecule has 0 saturated carbocycles. The molecular weight excluding hydrogens is 460 g/mol. The number of benzene rings is 2. The highest BCUT2D eigenvalue weighted by atomic mass is 32.2. The number of fused-ring (bicyclic) bond motifs is 1. The molecule has 2 aromatic carbocycles. The number of aryl methyl sites for hydroxylation is 1. The van der Waals surface area contributed by atoms with Crippen LogP contribution >= 0.6 is 0 Å². The van der Waals surface area contributed by atoms with Crippen molar-refractivity contribution in [3.63, 3.8) is 0 Å². The van der Waals surface area contributed by atoms with Crippen LogP contribution in [0, 0.1) is 6.92 Å². The number of sulfonamides is 1. The summed E-state index contributed by atoms with van der Waals surface area (Å²) in [6.45, 7) is 15.6. The third-order valence-electron chi connectivity index (χ3n) is 7.07. The molecule has 7 heteroatoms. The van der Waals surface area contributed by atoms with Crippen molar-refractivity contribution >= 4 is 21.0 Å². The molecule has 0 atom stereocenters. The van der Waals surface area contributed by atoms with Crippen molar-refractivity contribution in [2.75, 3.05) is 26.2 Å². The fourth-order valence-electron chi connectivity index (χ4n) is 4.92. The van der Waals surface area contributed by atoms with Crippen LogP contribution in [0.25, 0.3) is 11.0 Å². The van der Waals surface area contributed by atoms with Crippen LogP contribution in [0.4, 0.5) is 0 Å². The lowest BCUT2D eigenvalue weighted by Gasteiger charge is -2.32. The van der Waals surface area contributed by atoms with Crippen LogP contribution in [0.1, 0.15) is 62.8 Å². The molecule has 188 valence electrons. The molecule has 6 nitrogen and oxygen atoms in total. The van der Waals surface area contributed by atoms with Crippen LogP contribution in [0.3, 0.4) is 0 Å². The fraction of sp³-hybridized carbons (Fsp3) is 0.464. The van der Waals surface area contributed by atoms with Crippen LogP contribution < -0.4 is 10.5 Å². The third kappa shape index (κ3) is 5.37. The largest absolute Gasteiger partial charge is 0.423 e. The van der Waals surface area contributed by atoms with E-state index in [4.69, 9.17) is 4.42 Å². The summed E-state index contributed by atoms with van der Waals surface area (Å²) in [7, 11) is -3.53. The van der Waals surface area contributed by atoms with Gasteiger partial charge < -0.3 is 9.32 Å². The standard InChI is InChI=1S/C28H36N2O4S/c1-19(2)24-17-25-21(16-27(31)34-26(25)15-20(24)3)18-29-11-13-30(14-12-29)35(32,33)23-9-7-22(8-10-23)28(4,5)6/h7-10,15-17,19H,11-14,18H2,1-6H3/p+1. The summed E-state index contributed by atoms with van der Waals surface area (Å²) in [5.41, 5.74) is 4.69. The number of nitrogens with one attached hydrogen (secondary N) is 1. The highest BCUT2D eigenvalue weighted by molar-refractivity contribution is 7.89. The highest BCUT2D eigenvalue weighted by Crippen LogP contribution is 2.27. The van der Waals surface area contributed by atoms with E-state index in [1.165, 1.54) is 10.5 Å². The van der Waals surface area contributed by atoms with Gasteiger partial charge in [-0.15, -0.1) is 0 Å². The molecule has 0 amide bonds. The molecule has 1 aromatic heterocycles. The molecule has 1 aliphatic heterocycles. The number of nitrogens with zero attached hydrogens (tertiary/aromatic N) is 1. The zero-order valence-corrected chi connectivity index (χ0v) is 22.5. The van der Waals surface area contributed by atoms with Gasteiger partial charge in [0.1, 0.15) is 12.1 Å². The van der Waals surface area contributed by atoms with Crippen molar-refractivity contribution < 1.29 is 17.7 Å². The second kappa shape index (κ2) is 9.52. The Balaban J connectivity index is 1.50. The first-order valence-corrected chi connectivity index (χ1v) is 13.8. The van der Waals surface area contributed by atoms with Crippen LogP contribution in [0.2, 0.25) is 0 Å². The average molecular weight is 498 g/mol. The number of quaternary nitrogens is 1. The summed E-state index contributed by atoms with van der Waals surface area (Å²) in [6.07, 6.45) is 0. The van der Waals surface area contributed by atoms with Gasteiger partial charge in [-0.3, -0.25) is 0 Å². The number of rotatable bonds is 5. The summed E-state index contributed by atoms with van der Waals surface area (Å²) < 4.78 is 33.5. The van der Waals surface area contributed by atoms with Crippen molar-refractivity contribution in [3.8, 4) is 0 Å². The van der Waals surface area contributed by atoms with E-state index < -0.39 is 10.0 Å². The Bertz CT molecular complexity index is 1380. The fourth-order valence-corrected chi connectivity index (χ4v) is 6.37. The minimum Gasteiger partial charge on any atom is -0.423 e. The van der Waals surface area contributed by atoms with E-state index in [1.807, 2.05) is 25.1 Å². The zero-order chi connectivity index (χ0) is 25.5. The molecule has 0 spiro atoms. The topological polar surface area (TPSA) is 72.0 Å². The van der Waals surface area contributed by atoms with Crippen molar-refractivity contribution in [2.45, 2.75) is 64.3 Å². The maximum Gasteiger partial charge on any atom is 0.336 e. The van der Waals surface area contributed by atoms with Crippen molar-refractivity contribution in [2.24, 2.45) is 0 Å². The summed E-state index contributed by atoms with van der Waals surface area (Å²) in [4.78, 5) is 13.8. The quantitative estimate of drug-likeness (QED) is 0.547. The van der Waals surface area contributed by atoms with E-state index in [-0.39, 0.29) is 11.0 Å². The Labute approximate surface area is 208 Å². The Kier molecular flexibility index (Phi) is 6.97. The molecule has 4 rings (SSSR count). The predicted octanol–water partition coefficient (Wildman–Crippen LogP) is 3.61. The monoisotopic (exact) mass is 497 g/mol. The van der Waals surface area contributed by atoms with Crippen molar-refractivity contribution in [1.29, 1.82) is 0 Å². The normalized spacial score (nSPS) is 16.3. The lowest BCUT2D eigenvalue weighted by Crippen LogP contribution is -3.13. The molecule has 3 aromatic rings. The first-order chi connectivity index (χ1) is 16.4. The summed E-state index contributed by atoms with van der Waals surface area (Å²) in [6, 6.07) is 13.0. The molecule has 1 saturated heterocycles. The molecule has 35 heavy (non-hydrogen) atoms. The lowest BCUT2D eigenvalue weighted by molar-refractivity contribution is -0.917. The number of piperazine rings is 1. The Morgan fingerprint density at radius 1 is 1.03 bits per heavy atom. The van der Waals surface area contributed by atoms with Crippen LogP contribution in [-0.4, -0.2) is 38.9 Å². The van der Waals surface area contributed by atoms with Crippen molar-refractivity contribution in [1.82, 2.24) is 4.31 Å². The second-order valence-electron chi connectivity index (χ2n) is 11.1. The molecule has 0 aliphatic carbocycles. The Morgan fingerprint density at radius 2 is 1.66 bits per heavy atom. The van der Waals surface area contributed by atoms with Gasteiger partial charge in [-0.25, -0.2) is 13.2 Å². The Hall–Kier alpha value is -2.48. The van der Waals surface area contributed by atoms with E-state index in [1.54, 1.807) is 22.5 Å². The van der Waals surface area contributed by atoms with Gasteiger partial charge in [0.15, 0.2) is 0 Å². The van der Waals surface area contributed by atoms with Gasteiger partial charge in [0, 0.05) is 17.0 Å². The van der Waals surface area contributed by atoms with Crippen LogP contribution in [0.15, 0.2) is 56.6 Å². The first-order valence-electron chi connectivity index (χ1n) is 12.4. The van der Waals surface area contributed by atoms with E-state index >= 15 is 0 Å². The van der Waals surface area contributed by atoms with E-state index in [0.717, 1.165) is 22.1 Å². The zero-order valence-electron chi connectivity index (χ0n) is 21.6. The minimum atomic E-state index is -3.53. The highest BCUT2D eigenvalue weighted by Gasteiger charge is 2.31.